The standard InChI is InChI=1S/C38H26NO2P/c40-42(26-12-2-1-3-13-26)36-21-11-7-17-30(36)37-28-15-4-8-18-32(28)39(33-19-9-5-16-29(33)38(37)42)25-22-23-35-31(24-25)27-14-6-10-20-34(27)41-35/h1-21,24H,22-23H2. The Labute approximate surface area is 244 Å². The van der Waals surface area contributed by atoms with Crippen LogP contribution in [-0.4, -0.2) is 0 Å². The van der Waals surface area contributed by atoms with Gasteiger partial charge in [-0.25, -0.2) is 0 Å². The van der Waals surface area contributed by atoms with Gasteiger partial charge in [-0.15, -0.1) is 0 Å². The molecule has 0 bridgehead atoms. The number of furan rings is 1. The van der Waals surface area contributed by atoms with Crippen LogP contribution in [0.5, 0.6) is 0 Å². The van der Waals surface area contributed by atoms with E-state index in [9.17, 15) is 0 Å². The molecule has 3 heterocycles. The highest BCUT2D eigenvalue weighted by Crippen LogP contribution is 2.68. The molecule has 1 atom stereocenters. The second-order valence-electron chi connectivity index (χ2n) is 11.1. The second-order valence-corrected chi connectivity index (χ2v) is 13.8. The van der Waals surface area contributed by atoms with E-state index in [0.29, 0.717) is 0 Å². The van der Waals surface area contributed by atoms with E-state index < -0.39 is 7.14 Å². The lowest BCUT2D eigenvalue weighted by atomic mass is 9.95. The van der Waals surface area contributed by atoms with Gasteiger partial charge >= 0.3 is 0 Å². The van der Waals surface area contributed by atoms with E-state index in [0.717, 1.165) is 84.7 Å². The number of fused-ring (bicyclic) bond motifs is 9. The van der Waals surface area contributed by atoms with Crippen LogP contribution in [0.1, 0.15) is 34.4 Å². The van der Waals surface area contributed by atoms with E-state index in [4.69, 9.17) is 4.42 Å². The summed E-state index contributed by atoms with van der Waals surface area (Å²) in [6.07, 6.45) is 3.97. The Hall–Kier alpha value is -4.85. The van der Waals surface area contributed by atoms with Crippen molar-refractivity contribution < 1.29 is 8.98 Å². The first kappa shape index (κ1) is 23.8. The SMILES string of the molecule is O=P1(c2ccccc2)C2=C(c3ccccc3N(C3=Cc4c(oc5ccccc45)CC3)c3ccccc32)c2ccccc21. The van der Waals surface area contributed by atoms with Gasteiger partial charge in [-0.1, -0.05) is 109 Å². The highest BCUT2D eigenvalue weighted by Gasteiger charge is 2.46. The van der Waals surface area contributed by atoms with Gasteiger partial charge in [0.1, 0.15) is 11.3 Å². The highest BCUT2D eigenvalue weighted by molar-refractivity contribution is 7.88. The molecule has 3 aliphatic rings. The van der Waals surface area contributed by atoms with Crippen LogP contribution >= 0.6 is 7.14 Å². The van der Waals surface area contributed by atoms with Crippen LogP contribution in [0.2, 0.25) is 0 Å². The molecule has 1 aliphatic carbocycles. The fraction of sp³-hybridized carbons (Fsp3) is 0.0526. The lowest BCUT2D eigenvalue weighted by molar-refractivity contribution is 0.542. The minimum Gasteiger partial charge on any atom is -0.460 e. The van der Waals surface area contributed by atoms with Gasteiger partial charge in [0.15, 0.2) is 7.14 Å². The molecular formula is C38H26NO2P. The van der Waals surface area contributed by atoms with Crippen molar-refractivity contribution in [2.45, 2.75) is 12.8 Å². The van der Waals surface area contributed by atoms with Crippen molar-refractivity contribution in [1.82, 2.24) is 0 Å². The molecule has 0 spiro atoms. The Kier molecular flexibility index (Phi) is 5.00. The van der Waals surface area contributed by atoms with Crippen molar-refractivity contribution in [2.24, 2.45) is 0 Å². The van der Waals surface area contributed by atoms with Gasteiger partial charge < -0.3 is 13.9 Å². The molecule has 5 aromatic carbocycles. The second kappa shape index (κ2) is 8.82. The minimum atomic E-state index is -3.18. The zero-order valence-corrected chi connectivity index (χ0v) is 23.7. The molecule has 1 aromatic heterocycles. The van der Waals surface area contributed by atoms with Crippen LogP contribution in [0.15, 0.2) is 138 Å². The van der Waals surface area contributed by atoms with Gasteiger partial charge in [0.25, 0.3) is 0 Å². The van der Waals surface area contributed by atoms with Gasteiger partial charge in [-0.3, -0.25) is 0 Å². The van der Waals surface area contributed by atoms with Crippen molar-refractivity contribution in [3.63, 3.8) is 0 Å². The average Bonchev–Trinajstić information content (AvgIpc) is 3.51. The maximum atomic E-state index is 15.8. The predicted octanol–water partition coefficient (Wildman–Crippen LogP) is 9.12. The predicted molar refractivity (Wildman–Crippen MR) is 173 cm³/mol. The smallest absolute Gasteiger partial charge is 0.172 e. The molecule has 0 saturated carbocycles. The number of allylic oxidation sites excluding steroid dienone is 1. The number of anilines is 2. The van der Waals surface area contributed by atoms with Gasteiger partial charge in [-0.2, -0.15) is 0 Å². The topological polar surface area (TPSA) is 33.5 Å². The lowest BCUT2D eigenvalue weighted by Gasteiger charge is -2.32. The van der Waals surface area contributed by atoms with Crippen LogP contribution in [0.25, 0.3) is 27.9 Å². The molecule has 0 amide bonds. The van der Waals surface area contributed by atoms with E-state index in [-0.39, 0.29) is 0 Å². The van der Waals surface area contributed by atoms with Crippen molar-refractivity contribution in [3.8, 4) is 0 Å². The van der Waals surface area contributed by atoms with E-state index in [1.807, 2.05) is 48.5 Å². The number of benzene rings is 5. The summed E-state index contributed by atoms with van der Waals surface area (Å²) in [4.78, 5) is 2.41. The van der Waals surface area contributed by atoms with Gasteiger partial charge in [0, 0.05) is 55.7 Å². The Morgan fingerprint density at radius 3 is 2.10 bits per heavy atom. The summed E-state index contributed by atoms with van der Waals surface area (Å²) < 4.78 is 22.0. The molecule has 1 unspecified atom stereocenters. The van der Waals surface area contributed by atoms with Crippen LogP contribution in [0.3, 0.4) is 0 Å². The quantitative estimate of drug-likeness (QED) is 0.198. The highest BCUT2D eigenvalue weighted by atomic mass is 31.2. The third kappa shape index (κ3) is 3.15. The number of para-hydroxylation sites is 3. The third-order valence-corrected chi connectivity index (χ3v) is 12.1. The van der Waals surface area contributed by atoms with Crippen molar-refractivity contribution in [1.29, 1.82) is 0 Å². The molecule has 0 radical (unpaired) electrons. The Balaban J connectivity index is 1.37. The number of hydrogen-bond donors (Lipinski definition) is 0. The molecule has 0 fully saturated rings. The van der Waals surface area contributed by atoms with Crippen LogP contribution in [0, 0.1) is 0 Å². The van der Waals surface area contributed by atoms with Crippen LogP contribution < -0.4 is 15.5 Å². The van der Waals surface area contributed by atoms with E-state index in [1.165, 1.54) is 5.70 Å². The first-order valence-corrected chi connectivity index (χ1v) is 16.1. The zero-order chi connectivity index (χ0) is 27.8. The minimum absolute atomic E-state index is 0.829. The molecule has 3 nitrogen and oxygen atoms in total. The monoisotopic (exact) mass is 559 g/mol. The number of aryl methyl sites for hydroxylation is 1. The first-order chi connectivity index (χ1) is 20.7. The number of nitrogens with zero attached hydrogens (tertiary/aromatic N) is 1. The van der Waals surface area contributed by atoms with Crippen molar-refractivity contribution >= 4 is 57.1 Å². The van der Waals surface area contributed by atoms with Gasteiger partial charge in [0.05, 0.1) is 11.4 Å². The summed E-state index contributed by atoms with van der Waals surface area (Å²) in [6, 6.07) is 43.8. The largest absolute Gasteiger partial charge is 0.460 e. The fourth-order valence-electron chi connectivity index (χ4n) is 7.15. The molecule has 9 rings (SSSR count). The lowest BCUT2D eigenvalue weighted by Crippen LogP contribution is -2.21. The summed E-state index contributed by atoms with van der Waals surface area (Å²) in [5.74, 6) is 1.04. The summed E-state index contributed by atoms with van der Waals surface area (Å²) in [5.41, 5.74) is 9.72. The molecule has 6 aromatic rings. The molecule has 2 aliphatic heterocycles. The molecule has 42 heavy (non-hydrogen) atoms. The Morgan fingerprint density at radius 2 is 1.26 bits per heavy atom. The normalized spacial score (nSPS) is 18.5. The molecule has 0 N–H and O–H groups in total. The summed E-state index contributed by atoms with van der Waals surface area (Å²) in [5, 5.41) is 3.87. The molecule has 4 heteroatoms. The summed E-state index contributed by atoms with van der Waals surface area (Å²) >= 11 is 0. The Bertz CT molecular complexity index is 2190. The maximum Gasteiger partial charge on any atom is 0.172 e. The third-order valence-electron chi connectivity index (χ3n) is 8.92. The van der Waals surface area contributed by atoms with Crippen molar-refractivity contribution in [3.05, 3.63) is 161 Å². The van der Waals surface area contributed by atoms with E-state index in [1.54, 1.807) is 0 Å². The first-order valence-electron chi connectivity index (χ1n) is 14.4. The Morgan fingerprint density at radius 1 is 0.619 bits per heavy atom. The van der Waals surface area contributed by atoms with Gasteiger partial charge in [-0.05, 0) is 36.3 Å². The van der Waals surface area contributed by atoms with E-state index >= 15 is 4.57 Å². The van der Waals surface area contributed by atoms with Crippen molar-refractivity contribution in [2.75, 3.05) is 4.90 Å². The van der Waals surface area contributed by atoms with Crippen LogP contribution in [-0.2, 0) is 11.0 Å². The number of hydrogen-bond acceptors (Lipinski definition) is 3. The fourth-order valence-corrected chi connectivity index (χ4v) is 10.4. The number of rotatable bonds is 2. The zero-order valence-electron chi connectivity index (χ0n) is 22.8. The molecular weight excluding hydrogens is 533 g/mol. The molecule has 200 valence electrons. The van der Waals surface area contributed by atoms with Gasteiger partial charge in [0.2, 0.25) is 0 Å². The van der Waals surface area contributed by atoms with Crippen LogP contribution in [0.4, 0.5) is 11.4 Å². The average molecular weight is 560 g/mol. The molecule has 0 saturated heterocycles. The van der Waals surface area contributed by atoms with E-state index in [2.05, 4.69) is 89.8 Å². The summed E-state index contributed by atoms with van der Waals surface area (Å²) in [6.45, 7) is 0. The summed E-state index contributed by atoms with van der Waals surface area (Å²) in [7, 11) is -3.18. The maximum absolute atomic E-state index is 15.8.